The van der Waals surface area contributed by atoms with Crippen molar-refractivity contribution in [1.29, 1.82) is 0 Å². The molecule has 2 N–H and O–H groups in total. The Morgan fingerprint density at radius 3 is 2.27 bits per heavy atom. The van der Waals surface area contributed by atoms with E-state index in [9.17, 15) is 0 Å². The number of hydrogen-bond acceptors (Lipinski definition) is 2. The number of nitrogens with one attached hydrogen (secondary N) is 1. The van der Waals surface area contributed by atoms with Gasteiger partial charge in [0.1, 0.15) is 0 Å². The summed E-state index contributed by atoms with van der Waals surface area (Å²) in [5.41, 5.74) is 0.302. The molecule has 2 nitrogen and oxygen atoms in total. The molecule has 0 aromatic heterocycles. The maximum Gasteiger partial charge on any atom is 0.0931 e. The SMILES string of the molecule is CC(C)CC(C)(C)CNCO. The molecule has 0 aliphatic rings. The molecule has 0 atom stereocenters. The van der Waals surface area contributed by atoms with Gasteiger partial charge in [0.2, 0.25) is 0 Å². The van der Waals surface area contributed by atoms with Gasteiger partial charge in [-0.3, -0.25) is 5.32 Å². The van der Waals surface area contributed by atoms with E-state index < -0.39 is 0 Å². The maximum absolute atomic E-state index is 8.55. The molecule has 0 aliphatic carbocycles. The molecule has 0 saturated carbocycles. The Morgan fingerprint density at radius 1 is 1.36 bits per heavy atom. The van der Waals surface area contributed by atoms with Crippen LogP contribution < -0.4 is 5.32 Å². The Bertz CT molecular complexity index is 99.7. The zero-order valence-corrected chi connectivity index (χ0v) is 8.15. The van der Waals surface area contributed by atoms with Crippen LogP contribution >= 0.6 is 0 Å². The van der Waals surface area contributed by atoms with Gasteiger partial charge in [-0.2, -0.15) is 0 Å². The highest BCUT2D eigenvalue weighted by Gasteiger charge is 2.18. The van der Waals surface area contributed by atoms with E-state index in [4.69, 9.17) is 5.11 Å². The lowest BCUT2D eigenvalue weighted by atomic mass is 9.84. The number of aliphatic hydroxyl groups excluding tert-OH is 1. The van der Waals surface area contributed by atoms with Crippen molar-refractivity contribution in [2.75, 3.05) is 13.3 Å². The van der Waals surface area contributed by atoms with Crippen molar-refractivity contribution < 1.29 is 5.11 Å². The average Bonchev–Trinajstić information content (AvgIpc) is 1.81. The van der Waals surface area contributed by atoms with Crippen LogP contribution in [0.2, 0.25) is 0 Å². The minimum absolute atomic E-state index is 0.0848. The summed E-state index contributed by atoms with van der Waals surface area (Å²) in [6, 6.07) is 0. The quantitative estimate of drug-likeness (QED) is 0.597. The van der Waals surface area contributed by atoms with Crippen molar-refractivity contribution in [3.63, 3.8) is 0 Å². The van der Waals surface area contributed by atoms with Crippen molar-refractivity contribution >= 4 is 0 Å². The first-order valence-corrected chi connectivity index (χ1v) is 4.29. The molecular formula is C9H21NO. The predicted octanol–water partition coefficient (Wildman–Crippen LogP) is 1.60. The molecule has 0 aromatic rings. The smallest absolute Gasteiger partial charge is 0.0931 e. The first-order chi connectivity index (χ1) is 4.98. The topological polar surface area (TPSA) is 32.3 Å². The summed E-state index contributed by atoms with van der Waals surface area (Å²) < 4.78 is 0. The van der Waals surface area contributed by atoms with Crippen molar-refractivity contribution in [2.45, 2.75) is 34.1 Å². The molecule has 0 heterocycles. The third-order valence-electron chi connectivity index (χ3n) is 1.68. The fourth-order valence-corrected chi connectivity index (χ4v) is 1.57. The molecule has 0 spiro atoms. The van der Waals surface area contributed by atoms with Crippen LogP contribution in [-0.4, -0.2) is 18.4 Å². The molecule has 0 saturated heterocycles. The zero-order valence-electron chi connectivity index (χ0n) is 8.15. The van der Waals surface area contributed by atoms with Crippen molar-refractivity contribution in [2.24, 2.45) is 11.3 Å². The molecule has 0 radical (unpaired) electrons. The Morgan fingerprint density at radius 2 is 1.91 bits per heavy atom. The second-order valence-electron chi connectivity index (χ2n) is 4.35. The lowest BCUT2D eigenvalue weighted by Gasteiger charge is -2.26. The summed E-state index contributed by atoms with van der Waals surface area (Å²) in [7, 11) is 0. The normalized spacial score (nSPS) is 12.5. The summed E-state index contributed by atoms with van der Waals surface area (Å²) in [5, 5.41) is 11.5. The molecular weight excluding hydrogens is 138 g/mol. The fraction of sp³-hybridized carbons (Fsp3) is 1.00. The zero-order chi connectivity index (χ0) is 8.91. The fourth-order valence-electron chi connectivity index (χ4n) is 1.57. The monoisotopic (exact) mass is 159 g/mol. The molecule has 0 bridgehead atoms. The standard InChI is InChI=1S/C9H21NO/c1-8(2)5-9(3,4)6-10-7-11/h8,10-11H,5-7H2,1-4H3. The number of hydrogen-bond donors (Lipinski definition) is 2. The van der Waals surface area contributed by atoms with Gasteiger partial charge in [-0.05, 0) is 17.8 Å². The largest absolute Gasteiger partial charge is 0.381 e. The predicted molar refractivity (Wildman–Crippen MR) is 48.3 cm³/mol. The molecule has 68 valence electrons. The lowest BCUT2D eigenvalue weighted by molar-refractivity contribution is 0.209. The highest BCUT2D eigenvalue weighted by atomic mass is 16.3. The van der Waals surface area contributed by atoms with E-state index in [0.29, 0.717) is 5.41 Å². The van der Waals surface area contributed by atoms with Crippen molar-refractivity contribution in [3.05, 3.63) is 0 Å². The van der Waals surface area contributed by atoms with Gasteiger partial charge in [-0.15, -0.1) is 0 Å². The van der Waals surface area contributed by atoms with E-state index in [-0.39, 0.29) is 6.73 Å². The van der Waals surface area contributed by atoms with Crippen LogP contribution in [0.4, 0.5) is 0 Å². The van der Waals surface area contributed by atoms with Crippen molar-refractivity contribution in [1.82, 2.24) is 5.32 Å². The van der Waals surface area contributed by atoms with Gasteiger partial charge in [0.05, 0.1) is 6.73 Å². The van der Waals surface area contributed by atoms with Crippen LogP contribution in [0, 0.1) is 11.3 Å². The van der Waals surface area contributed by atoms with Gasteiger partial charge in [-0.25, -0.2) is 0 Å². The Kier molecular flexibility index (Phi) is 4.69. The van der Waals surface area contributed by atoms with Gasteiger partial charge >= 0.3 is 0 Å². The van der Waals surface area contributed by atoms with Gasteiger partial charge in [-0.1, -0.05) is 27.7 Å². The average molecular weight is 159 g/mol. The molecule has 0 aromatic carbocycles. The van der Waals surface area contributed by atoms with Crippen LogP contribution in [0.3, 0.4) is 0 Å². The number of aliphatic hydroxyl groups is 1. The van der Waals surface area contributed by atoms with Gasteiger partial charge in [0.15, 0.2) is 0 Å². The molecule has 0 aliphatic heterocycles. The Balaban J connectivity index is 3.61. The van der Waals surface area contributed by atoms with Crippen LogP contribution in [-0.2, 0) is 0 Å². The lowest BCUT2D eigenvalue weighted by Crippen LogP contribution is -2.31. The maximum atomic E-state index is 8.55. The Hall–Kier alpha value is -0.0800. The third kappa shape index (κ3) is 6.32. The van der Waals surface area contributed by atoms with Crippen LogP contribution in [0.25, 0.3) is 0 Å². The summed E-state index contributed by atoms with van der Waals surface area (Å²) in [6.45, 7) is 9.86. The van der Waals surface area contributed by atoms with Gasteiger partial charge in [0.25, 0.3) is 0 Å². The number of rotatable bonds is 5. The highest BCUT2D eigenvalue weighted by Crippen LogP contribution is 2.23. The molecule has 0 rings (SSSR count). The minimum Gasteiger partial charge on any atom is -0.381 e. The summed E-state index contributed by atoms with van der Waals surface area (Å²) >= 11 is 0. The first kappa shape index (κ1) is 10.9. The van der Waals surface area contributed by atoms with Gasteiger partial charge < -0.3 is 5.11 Å². The first-order valence-electron chi connectivity index (χ1n) is 4.29. The van der Waals surface area contributed by atoms with Crippen molar-refractivity contribution in [3.8, 4) is 0 Å². The van der Waals surface area contributed by atoms with Gasteiger partial charge in [0, 0.05) is 6.54 Å². The van der Waals surface area contributed by atoms with E-state index >= 15 is 0 Å². The molecule has 0 unspecified atom stereocenters. The second-order valence-corrected chi connectivity index (χ2v) is 4.35. The second kappa shape index (κ2) is 4.73. The van der Waals surface area contributed by atoms with Crippen LogP contribution in [0.5, 0.6) is 0 Å². The third-order valence-corrected chi connectivity index (χ3v) is 1.68. The Labute approximate surface area is 70.0 Å². The van der Waals surface area contributed by atoms with Crippen LogP contribution in [0.1, 0.15) is 34.1 Å². The minimum atomic E-state index is 0.0848. The van der Waals surface area contributed by atoms with E-state index in [1.54, 1.807) is 0 Å². The van der Waals surface area contributed by atoms with Crippen LogP contribution in [0.15, 0.2) is 0 Å². The molecule has 0 fully saturated rings. The van der Waals surface area contributed by atoms with E-state index in [1.165, 1.54) is 6.42 Å². The summed E-state index contributed by atoms with van der Waals surface area (Å²) in [5.74, 6) is 0.727. The summed E-state index contributed by atoms with van der Waals surface area (Å²) in [6.07, 6.45) is 1.19. The van der Waals surface area contributed by atoms with E-state index in [0.717, 1.165) is 12.5 Å². The van der Waals surface area contributed by atoms with E-state index in [1.807, 2.05) is 0 Å². The van der Waals surface area contributed by atoms with E-state index in [2.05, 4.69) is 33.0 Å². The summed E-state index contributed by atoms with van der Waals surface area (Å²) in [4.78, 5) is 0. The molecule has 0 amide bonds. The molecule has 11 heavy (non-hydrogen) atoms. The highest BCUT2D eigenvalue weighted by molar-refractivity contribution is 4.71. The molecule has 2 heteroatoms.